The summed E-state index contributed by atoms with van der Waals surface area (Å²) >= 11 is 0. The molecular formula is C13H17FN2O4. The minimum absolute atomic E-state index is 0.0916. The van der Waals surface area contributed by atoms with Crippen LogP contribution in [0.1, 0.15) is 47.3 Å². The van der Waals surface area contributed by atoms with Crippen molar-refractivity contribution in [3.63, 3.8) is 0 Å². The summed E-state index contributed by atoms with van der Waals surface area (Å²) in [6.45, 7) is 6.41. The summed E-state index contributed by atoms with van der Waals surface area (Å²) in [5.74, 6) is -4.74. The molecule has 1 heterocycles. The standard InChI is InChI=1S/C13H17FN2O4/c1-6-7(8(14)9(12(19)20)16(6)5)10(17)11(18)15-13(2,3)4/h1-5H3,(H,15,18)(H,19,20). The van der Waals surface area contributed by atoms with Gasteiger partial charge in [0, 0.05) is 18.3 Å². The van der Waals surface area contributed by atoms with Crippen LogP contribution in [0.4, 0.5) is 4.39 Å². The number of amides is 1. The highest BCUT2D eigenvalue weighted by Gasteiger charge is 2.32. The number of ketones is 1. The first-order chi connectivity index (χ1) is 8.97. The van der Waals surface area contributed by atoms with E-state index in [1.807, 2.05) is 0 Å². The Morgan fingerprint density at radius 1 is 1.25 bits per heavy atom. The number of rotatable bonds is 3. The molecule has 1 aromatic rings. The Labute approximate surface area is 115 Å². The molecule has 0 spiro atoms. The molecule has 20 heavy (non-hydrogen) atoms. The second-order valence-corrected chi connectivity index (χ2v) is 5.52. The van der Waals surface area contributed by atoms with E-state index in [-0.39, 0.29) is 5.69 Å². The summed E-state index contributed by atoms with van der Waals surface area (Å²) in [5.41, 5.74) is -1.71. The molecule has 0 aliphatic heterocycles. The fourth-order valence-corrected chi connectivity index (χ4v) is 1.77. The molecule has 0 aliphatic carbocycles. The molecule has 1 aromatic heterocycles. The van der Waals surface area contributed by atoms with Gasteiger partial charge in [0.2, 0.25) is 0 Å². The maximum Gasteiger partial charge on any atom is 0.355 e. The van der Waals surface area contributed by atoms with Gasteiger partial charge in [0.25, 0.3) is 11.7 Å². The minimum Gasteiger partial charge on any atom is -0.476 e. The van der Waals surface area contributed by atoms with Gasteiger partial charge in [0.05, 0.1) is 5.56 Å². The van der Waals surface area contributed by atoms with Gasteiger partial charge in [-0.05, 0) is 27.7 Å². The molecule has 0 radical (unpaired) electrons. The molecule has 0 aromatic carbocycles. The Morgan fingerprint density at radius 3 is 2.10 bits per heavy atom. The van der Waals surface area contributed by atoms with E-state index in [4.69, 9.17) is 5.11 Å². The molecule has 1 rings (SSSR count). The molecule has 0 bridgehead atoms. The average Bonchev–Trinajstić information content (AvgIpc) is 2.47. The Kier molecular flexibility index (Phi) is 4.02. The van der Waals surface area contributed by atoms with Crippen LogP contribution in [0.25, 0.3) is 0 Å². The van der Waals surface area contributed by atoms with Gasteiger partial charge < -0.3 is 15.0 Å². The van der Waals surface area contributed by atoms with Gasteiger partial charge in [-0.2, -0.15) is 0 Å². The number of Topliss-reactive ketones (excluding diaryl/α,β-unsaturated/α-hetero) is 1. The third kappa shape index (κ3) is 2.87. The fraction of sp³-hybridized carbons (Fsp3) is 0.462. The van der Waals surface area contributed by atoms with Crippen LogP contribution in [0.5, 0.6) is 0 Å². The number of carboxylic acids is 1. The SMILES string of the molecule is Cc1c(C(=O)C(=O)NC(C)(C)C)c(F)c(C(=O)O)n1C. The lowest BCUT2D eigenvalue weighted by Crippen LogP contribution is -2.44. The highest BCUT2D eigenvalue weighted by Crippen LogP contribution is 2.21. The Morgan fingerprint density at radius 2 is 1.75 bits per heavy atom. The van der Waals surface area contributed by atoms with Crippen LogP contribution < -0.4 is 5.32 Å². The molecule has 6 nitrogen and oxygen atoms in total. The molecule has 1 amide bonds. The number of halogens is 1. The lowest BCUT2D eigenvalue weighted by atomic mass is 10.1. The molecule has 0 saturated carbocycles. The lowest BCUT2D eigenvalue weighted by molar-refractivity contribution is -0.118. The van der Waals surface area contributed by atoms with Crippen molar-refractivity contribution in [1.29, 1.82) is 0 Å². The van der Waals surface area contributed by atoms with E-state index in [9.17, 15) is 18.8 Å². The van der Waals surface area contributed by atoms with E-state index in [0.29, 0.717) is 0 Å². The zero-order valence-corrected chi connectivity index (χ0v) is 12.0. The van der Waals surface area contributed by atoms with E-state index >= 15 is 0 Å². The normalized spacial score (nSPS) is 11.3. The van der Waals surface area contributed by atoms with Crippen LogP contribution in [0.3, 0.4) is 0 Å². The Balaban J connectivity index is 3.28. The number of carboxylic acid groups (broad SMARTS) is 1. The van der Waals surface area contributed by atoms with Crippen LogP contribution >= 0.6 is 0 Å². The molecular weight excluding hydrogens is 267 g/mol. The van der Waals surface area contributed by atoms with Gasteiger partial charge in [0.1, 0.15) is 0 Å². The highest BCUT2D eigenvalue weighted by molar-refractivity contribution is 6.43. The minimum atomic E-state index is -1.50. The van der Waals surface area contributed by atoms with Crippen LogP contribution in [-0.2, 0) is 11.8 Å². The van der Waals surface area contributed by atoms with E-state index in [0.717, 1.165) is 4.57 Å². The van der Waals surface area contributed by atoms with E-state index in [1.54, 1.807) is 20.8 Å². The van der Waals surface area contributed by atoms with Gasteiger partial charge >= 0.3 is 5.97 Å². The quantitative estimate of drug-likeness (QED) is 0.646. The second kappa shape index (κ2) is 5.07. The third-order valence-corrected chi connectivity index (χ3v) is 2.75. The van der Waals surface area contributed by atoms with Crippen molar-refractivity contribution in [3.05, 3.63) is 22.8 Å². The zero-order chi connectivity index (χ0) is 15.8. The number of nitrogens with zero attached hydrogens (tertiary/aromatic N) is 1. The first-order valence-corrected chi connectivity index (χ1v) is 5.92. The number of carbonyl (C=O) groups excluding carboxylic acids is 2. The van der Waals surface area contributed by atoms with E-state index in [2.05, 4.69) is 5.32 Å². The van der Waals surface area contributed by atoms with E-state index < -0.39 is 40.3 Å². The number of aromatic nitrogens is 1. The summed E-state index contributed by atoms with van der Waals surface area (Å²) < 4.78 is 15.1. The Bertz CT molecular complexity index is 596. The maximum atomic E-state index is 14.0. The smallest absolute Gasteiger partial charge is 0.355 e. The largest absolute Gasteiger partial charge is 0.476 e. The predicted molar refractivity (Wildman–Crippen MR) is 69.3 cm³/mol. The highest BCUT2D eigenvalue weighted by atomic mass is 19.1. The first-order valence-electron chi connectivity index (χ1n) is 5.92. The van der Waals surface area contributed by atoms with Gasteiger partial charge in [-0.25, -0.2) is 9.18 Å². The zero-order valence-electron chi connectivity index (χ0n) is 12.0. The van der Waals surface area contributed by atoms with Crippen molar-refractivity contribution in [2.24, 2.45) is 7.05 Å². The number of hydrogen-bond acceptors (Lipinski definition) is 3. The average molecular weight is 284 g/mol. The molecule has 0 fully saturated rings. The van der Waals surface area contributed by atoms with Crippen molar-refractivity contribution in [2.45, 2.75) is 33.2 Å². The van der Waals surface area contributed by atoms with Crippen molar-refractivity contribution in [3.8, 4) is 0 Å². The molecule has 110 valence electrons. The first kappa shape index (κ1) is 15.9. The lowest BCUT2D eigenvalue weighted by Gasteiger charge is -2.19. The molecule has 0 saturated heterocycles. The number of nitrogens with one attached hydrogen (secondary N) is 1. The third-order valence-electron chi connectivity index (χ3n) is 2.75. The van der Waals surface area contributed by atoms with E-state index in [1.165, 1.54) is 14.0 Å². The van der Waals surface area contributed by atoms with Gasteiger partial charge in [-0.15, -0.1) is 0 Å². The topological polar surface area (TPSA) is 88.4 Å². The number of aromatic carboxylic acids is 1. The van der Waals surface area contributed by atoms with Crippen molar-refractivity contribution < 1.29 is 23.9 Å². The number of hydrogen-bond donors (Lipinski definition) is 2. The van der Waals surface area contributed by atoms with Gasteiger partial charge in [-0.3, -0.25) is 9.59 Å². The molecule has 0 aliphatic rings. The number of carbonyl (C=O) groups is 3. The van der Waals surface area contributed by atoms with Crippen molar-refractivity contribution >= 4 is 17.7 Å². The second-order valence-electron chi connectivity index (χ2n) is 5.52. The summed E-state index contributed by atoms with van der Waals surface area (Å²) in [6.07, 6.45) is 0. The fourth-order valence-electron chi connectivity index (χ4n) is 1.77. The molecule has 0 unspecified atom stereocenters. The molecule has 2 N–H and O–H groups in total. The summed E-state index contributed by atoms with van der Waals surface area (Å²) in [5, 5.41) is 11.3. The van der Waals surface area contributed by atoms with Gasteiger partial charge in [-0.1, -0.05) is 0 Å². The summed E-state index contributed by atoms with van der Waals surface area (Å²) in [6, 6.07) is 0. The van der Waals surface area contributed by atoms with Crippen molar-refractivity contribution in [2.75, 3.05) is 0 Å². The molecule has 0 atom stereocenters. The predicted octanol–water partition coefficient (Wildman–Crippen LogP) is 1.27. The molecule has 7 heteroatoms. The Hall–Kier alpha value is -2.18. The van der Waals surface area contributed by atoms with Crippen LogP contribution in [0.15, 0.2) is 0 Å². The van der Waals surface area contributed by atoms with Gasteiger partial charge in [0.15, 0.2) is 11.5 Å². The monoisotopic (exact) mass is 284 g/mol. The summed E-state index contributed by atoms with van der Waals surface area (Å²) in [4.78, 5) is 34.7. The van der Waals surface area contributed by atoms with Crippen molar-refractivity contribution in [1.82, 2.24) is 9.88 Å². The van der Waals surface area contributed by atoms with Crippen LogP contribution in [-0.4, -0.2) is 32.9 Å². The van der Waals surface area contributed by atoms with Crippen LogP contribution in [0.2, 0.25) is 0 Å². The summed E-state index contributed by atoms with van der Waals surface area (Å²) in [7, 11) is 1.32. The maximum absolute atomic E-state index is 14.0. The van der Waals surface area contributed by atoms with Crippen LogP contribution in [0, 0.1) is 12.7 Å².